The van der Waals surface area contributed by atoms with Crippen molar-refractivity contribution in [1.82, 2.24) is 9.59 Å². The van der Waals surface area contributed by atoms with Crippen molar-refractivity contribution in [2.45, 2.75) is 19.8 Å². The van der Waals surface area contributed by atoms with Gasteiger partial charge >= 0.3 is 5.97 Å². The van der Waals surface area contributed by atoms with Gasteiger partial charge in [0.15, 0.2) is 5.76 Å². The summed E-state index contributed by atoms with van der Waals surface area (Å²) in [7, 11) is 0. The number of hydrogen-bond donors (Lipinski definition) is 1. The second kappa shape index (κ2) is 5.09. The largest absolute Gasteiger partial charge is 0.475 e. The molecule has 2 aromatic heterocycles. The lowest BCUT2D eigenvalue weighted by atomic mass is 10.1. The molecule has 0 aliphatic heterocycles. The van der Waals surface area contributed by atoms with E-state index in [-0.39, 0.29) is 17.3 Å². The van der Waals surface area contributed by atoms with Gasteiger partial charge in [0.1, 0.15) is 4.88 Å². The van der Waals surface area contributed by atoms with E-state index in [4.69, 9.17) is 9.52 Å². The van der Waals surface area contributed by atoms with Gasteiger partial charge in [0.05, 0.1) is 5.69 Å². The molecule has 0 saturated heterocycles. The second-order valence-corrected chi connectivity index (χ2v) is 4.35. The van der Waals surface area contributed by atoms with Crippen molar-refractivity contribution in [3.05, 3.63) is 34.2 Å². The van der Waals surface area contributed by atoms with Gasteiger partial charge in [0, 0.05) is 0 Å². The molecule has 0 unspecified atom stereocenters. The zero-order valence-corrected chi connectivity index (χ0v) is 10.4. The van der Waals surface area contributed by atoms with E-state index in [2.05, 4.69) is 9.59 Å². The van der Waals surface area contributed by atoms with Gasteiger partial charge in [-0.15, -0.1) is 5.10 Å². The van der Waals surface area contributed by atoms with Crippen LogP contribution in [0.5, 0.6) is 0 Å². The molecule has 2 heterocycles. The average molecular weight is 266 g/mol. The molecule has 18 heavy (non-hydrogen) atoms. The predicted molar refractivity (Wildman–Crippen MR) is 63.0 cm³/mol. The van der Waals surface area contributed by atoms with Gasteiger partial charge in [-0.1, -0.05) is 17.8 Å². The number of aromatic nitrogens is 2. The van der Waals surface area contributed by atoms with E-state index < -0.39 is 5.97 Å². The summed E-state index contributed by atoms with van der Waals surface area (Å²) in [5.41, 5.74) is 0.626. The number of carboxylic acids is 1. The number of aromatic carboxylic acids is 1. The molecule has 6 nitrogen and oxygen atoms in total. The summed E-state index contributed by atoms with van der Waals surface area (Å²) in [4.78, 5) is 23.2. The van der Waals surface area contributed by atoms with Gasteiger partial charge in [0.2, 0.25) is 11.5 Å². The first-order chi connectivity index (χ1) is 8.63. The summed E-state index contributed by atoms with van der Waals surface area (Å²) < 4.78 is 8.71. The molecular formula is C11H10N2O4S. The molecule has 1 N–H and O–H groups in total. The third-order valence-corrected chi connectivity index (χ3v) is 3.06. The normalized spacial score (nSPS) is 10.5. The minimum atomic E-state index is -1.20. The Morgan fingerprint density at radius 2 is 2.11 bits per heavy atom. The van der Waals surface area contributed by atoms with Crippen LogP contribution in [0, 0.1) is 0 Å². The lowest BCUT2D eigenvalue weighted by Gasteiger charge is -1.96. The fourth-order valence-corrected chi connectivity index (χ4v) is 2.12. The first-order valence-corrected chi connectivity index (χ1v) is 6.10. The Labute approximate surface area is 106 Å². The third-order valence-electron chi connectivity index (χ3n) is 2.29. The van der Waals surface area contributed by atoms with Crippen molar-refractivity contribution in [3.63, 3.8) is 0 Å². The summed E-state index contributed by atoms with van der Waals surface area (Å²) in [6.45, 7) is 1.98. The van der Waals surface area contributed by atoms with Gasteiger partial charge in [-0.25, -0.2) is 4.79 Å². The maximum absolute atomic E-state index is 12.1. The number of ketones is 1. The molecule has 0 spiro atoms. The van der Waals surface area contributed by atoms with Crippen LogP contribution in [0.2, 0.25) is 0 Å². The molecular weight excluding hydrogens is 256 g/mol. The number of carbonyl (C=O) groups excluding carboxylic acids is 1. The number of carbonyl (C=O) groups is 2. The molecule has 0 amide bonds. The van der Waals surface area contributed by atoms with Gasteiger partial charge in [-0.05, 0) is 30.1 Å². The zero-order chi connectivity index (χ0) is 13.1. The Morgan fingerprint density at radius 1 is 1.39 bits per heavy atom. The van der Waals surface area contributed by atoms with Crippen molar-refractivity contribution >= 4 is 23.3 Å². The molecule has 94 valence electrons. The van der Waals surface area contributed by atoms with Crippen molar-refractivity contribution in [2.75, 3.05) is 0 Å². The highest BCUT2D eigenvalue weighted by Gasteiger charge is 2.21. The quantitative estimate of drug-likeness (QED) is 0.832. The summed E-state index contributed by atoms with van der Waals surface area (Å²) in [6.07, 6.45) is 1.51. The first kappa shape index (κ1) is 12.4. The molecule has 0 saturated carbocycles. The molecule has 0 bridgehead atoms. The van der Waals surface area contributed by atoms with Crippen LogP contribution in [0.3, 0.4) is 0 Å². The maximum Gasteiger partial charge on any atom is 0.371 e. The minimum Gasteiger partial charge on any atom is -0.475 e. The lowest BCUT2D eigenvalue weighted by molar-refractivity contribution is 0.0660. The van der Waals surface area contributed by atoms with E-state index in [9.17, 15) is 9.59 Å². The van der Waals surface area contributed by atoms with Crippen LogP contribution in [-0.2, 0) is 6.42 Å². The molecule has 0 aromatic carbocycles. The lowest BCUT2D eigenvalue weighted by Crippen LogP contribution is -2.02. The van der Waals surface area contributed by atoms with Crippen molar-refractivity contribution in [2.24, 2.45) is 0 Å². The summed E-state index contributed by atoms with van der Waals surface area (Å²) >= 11 is 0.992. The first-order valence-electron chi connectivity index (χ1n) is 5.32. The molecule has 0 atom stereocenters. The third kappa shape index (κ3) is 2.30. The number of carboxylic acid groups (broad SMARTS) is 1. The maximum atomic E-state index is 12.1. The molecule has 0 aliphatic rings. The molecule has 2 rings (SSSR count). The predicted octanol–water partition coefficient (Wildman–Crippen LogP) is 2.01. The summed E-state index contributed by atoms with van der Waals surface area (Å²) in [5.74, 6) is -1.84. The Morgan fingerprint density at radius 3 is 2.72 bits per heavy atom. The van der Waals surface area contributed by atoms with E-state index >= 15 is 0 Å². The van der Waals surface area contributed by atoms with Crippen LogP contribution >= 0.6 is 11.5 Å². The fourth-order valence-electron chi connectivity index (χ4n) is 1.47. The Hall–Kier alpha value is -2.02. The zero-order valence-electron chi connectivity index (χ0n) is 9.54. The van der Waals surface area contributed by atoms with Gasteiger partial charge in [-0.2, -0.15) is 0 Å². The van der Waals surface area contributed by atoms with E-state index in [1.54, 1.807) is 0 Å². The van der Waals surface area contributed by atoms with Crippen LogP contribution in [0.15, 0.2) is 16.5 Å². The SMILES string of the molecule is CCCc1nnsc1C(=O)c1ccc(C(=O)O)o1. The van der Waals surface area contributed by atoms with Gasteiger partial charge in [0.25, 0.3) is 0 Å². The Balaban J connectivity index is 2.29. The number of hydrogen-bond acceptors (Lipinski definition) is 6. The van der Waals surface area contributed by atoms with E-state index in [1.807, 2.05) is 6.92 Å². The van der Waals surface area contributed by atoms with Gasteiger partial charge < -0.3 is 9.52 Å². The van der Waals surface area contributed by atoms with Crippen LogP contribution in [-0.4, -0.2) is 26.4 Å². The Kier molecular flexibility index (Phi) is 3.52. The van der Waals surface area contributed by atoms with Crippen LogP contribution in [0.4, 0.5) is 0 Å². The smallest absolute Gasteiger partial charge is 0.371 e. The summed E-state index contributed by atoms with van der Waals surface area (Å²) in [6, 6.07) is 2.60. The van der Waals surface area contributed by atoms with E-state index in [1.165, 1.54) is 12.1 Å². The van der Waals surface area contributed by atoms with Crippen molar-refractivity contribution in [3.8, 4) is 0 Å². The van der Waals surface area contributed by atoms with E-state index in [0.29, 0.717) is 17.0 Å². The molecule has 7 heteroatoms. The number of nitrogens with zero attached hydrogens (tertiary/aromatic N) is 2. The van der Waals surface area contributed by atoms with Crippen molar-refractivity contribution in [1.29, 1.82) is 0 Å². The second-order valence-electron chi connectivity index (χ2n) is 3.60. The van der Waals surface area contributed by atoms with Crippen molar-refractivity contribution < 1.29 is 19.1 Å². The summed E-state index contributed by atoms with van der Waals surface area (Å²) in [5, 5.41) is 12.6. The fraction of sp³-hybridized carbons (Fsp3) is 0.273. The minimum absolute atomic E-state index is 0.00389. The highest BCUT2D eigenvalue weighted by molar-refractivity contribution is 7.08. The van der Waals surface area contributed by atoms with Crippen LogP contribution < -0.4 is 0 Å². The van der Waals surface area contributed by atoms with Gasteiger partial charge in [-0.3, -0.25) is 4.79 Å². The average Bonchev–Trinajstić information content (AvgIpc) is 2.97. The van der Waals surface area contributed by atoms with E-state index in [0.717, 1.165) is 18.0 Å². The number of rotatable bonds is 5. The molecule has 0 aliphatic carbocycles. The molecule has 2 aromatic rings. The number of aryl methyl sites for hydroxylation is 1. The van der Waals surface area contributed by atoms with Crippen LogP contribution in [0.25, 0.3) is 0 Å². The highest BCUT2D eigenvalue weighted by atomic mass is 32.1. The molecule has 0 fully saturated rings. The standard InChI is InChI=1S/C11H10N2O4S/c1-2-3-6-10(18-13-12-6)9(14)7-4-5-8(17-7)11(15)16/h4-5H,2-3H2,1H3,(H,15,16). The van der Waals surface area contributed by atoms with Crippen LogP contribution in [0.1, 0.15) is 45.0 Å². The molecule has 0 radical (unpaired) electrons. The monoisotopic (exact) mass is 266 g/mol. The topological polar surface area (TPSA) is 93.3 Å². The number of furan rings is 1. The Bertz CT molecular complexity index is 587. The highest BCUT2D eigenvalue weighted by Crippen LogP contribution is 2.19.